The Morgan fingerprint density at radius 2 is 1.41 bits per heavy atom. The summed E-state index contributed by atoms with van der Waals surface area (Å²) < 4.78 is 10.9. The number of aromatic hydroxyl groups is 1. The van der Waals surface area contributed by atoms with Crippen molar-refractivity contribution in [2.75, 3.05) is 7.05 Å². The molecule has 0 saturated carbocycles. The number of rotatable bonds is 12. The smallest absolute Gasteiger partial charge is 0.408 e. The molecule has 5 N–H and O–H groups in total. The lowest BCUT2D eigenvalue weighted by Crippen LogP contribution is -2.54. The van der Waals surface area contributed by atoms with Gasteiger partial charge < -0.3 is 35.8 Å². The van der Waals surface area contributed by atoms with Crippen LogP contribution in [0.25, 0.3) is 0 Å². The number of primary amides is 1. The minimum atomic E-state index is -1.46. The molecular weight excluding hydrogens is 568 g/mol. The van der Waals surface area contributed by atoms with Crippen LogP contribution < -0.4 is 16.4 Å². The van der Waals surface area contributed by atoms with Crippen molar-refractivity contribution in [3.8, 4) is 5.75 Å². The third-order valence-corrected chi connectivity index (χ3v) is 6.17. The number of alkyl carbamates (subject to hydrolysis) is 1. The third kappa shape index (κ3) is 11.6. The molecular formula is C32H44N4O8. The molecule has 0 fully saturated rings. The van der Waals surface area contributed by atoms with Gasteiger partial charge in [-0.3, -0.25) is 14.4 Å². The molecule has 0 saturated heterocycles. The number of phenols is 1. The minimum Gasteiger partial charge on any atom is -0.508 e. The number of phenolic OH excluding ortho intramolecular Hbond substituents is 1. The highest BCUT2D eigenvalue weighted by Crippen LogP contribution is 2.29. The summed E-state index contributed by atoms with van der Waals surface area (Å²) in [5, 5.41) is 15.9. The highest BCUT2D eigenvalue weighted by atomic mass is 16.6. The fourth-order valence-corrected chi connectivity index (χ4v) is 4.28. The van der Waals surface area contributed by atoms with E-state index in [-0.39, 0.29) is 30.6 Å². The standard InChI is InChI=1S/C32H44N4O8/c1-31(2,3)43-29(41)23(19-20-13-9-8-10-14-20)34-27(39)26(21-15-11-12-16-24(21)37)36(7)28(40)22(17-18-25(33)38)35-30(42)44-32(4,5)6/h8-16,22-23,26,37H,17-19H2,1-7H3,(H2,33,38)(H,34,39)(H,35,42). The van der Waals surface area contributed by atoms with Crippen LogP contribution in [0.3, 0.4) is 0 Å². The van der Waals surface area contributed by atoms with Gasteiger partial charge in [-0.1, -0.05) is 48.5 Å². The maximum Gasteiger partial charge on any atom is 0.408 e. The lowest BCUT2D eigenvalue weighted by molar-refractivity contribution is -0.159. The number of ether oxygens (including phenoxy) is 2. The van der Waals surface area contributed by atoms with Crippen molar-refractivity contribution >= 4 is 29.8 Å². The molecule has 44 heavy (non-hydrogen) atoms. The van der Waals surface area contributed by atoms with Crippen molar-refractivity contribution in [2.24, 2.45) is 5.73 Å². The van der Waals surface area contributed by atoms with Gasteiger partial charge in [0.1, 0.15) is 35.1 Å². The van der Waals surface area contributed by atoms with E-state index >= 15 is 0 Å². The molecule has 12 heteroatoms. The topological polar surface area (TPSA) is 177 Å². The molecule has 2 rings (SSSR count). The summed E-state index contributed by atoms with van der Waals surface area (Å²) in [5.74, 6) is -3.23. The third-order valence-electron chi connectivity index (χ3n) is 6.17. The normalized spacial score (nSPS) is 13.5. The van der Waals surface area contributed by atoms with E-state index in [2.05, 4.69) is 10.6 Å². The van der Waals surface area contributed by atoms with Crippen LogP contribution in [0, 0.1) is 0 Å². The molecule has 0 radical (unpaired) electrons. The van der Waals surface area contributed by atoms with Crippen molar-refractivity contribution in [1.29, 1.82) is 0 Å². The Labute approximate surface area is 258 Å². The molecule has 12 nitrogen and oxygen atoms in total. The number of hydrogen-bond acceptors (Lipinski definition) is 8. The zero-order valence-electron chi connectivity index (χ0n) is 26.4. The number of nitrogens with one attached hydrogen (secondary N) is 2. The van der Waals surface area contributed by atoms with Crippen molar-refractivity contribution in [3.63, 3.8) is 0 Å². The van der Waals surface area contributed by atoms with Gasteiger partial charge in [-0.15, -0.1) is 0 Å². The Morgan fingerprint density at radius 3 is 1.95 bits per heavy atom. The number of carbonyl (C=O) groups excluding carboxylic acids is 5. The zero-order chi connectivity index (χ0) is 33.2. The van der Waals surface area contributed by atoms with Gasteiger partial charge in [-0.05, 0) is 59.6 Å². The van der Waals surface area contributed by atoms with Gasteiger partial charge in [0.2, 0.25) is 17.7 Å². The maximum atomic E-state index is 14.0. The van der Waals surface area contributed by atoms with Crippen LogP contribution in [-0.4, -0.2) is 70.1 Å². The van der Waals surface area contributed by atoms with Crippen LogP contribution in [0.5, 0.6) is 5.75 Å². The van der Waals surface area contributed by atoms with Crippen LogP contribution in [0.2, 0.25) is 0 Å². The maximum absolute atomic E-state index is 14.0. The molecule has 0 heterocycles. The number of para-hydroxylation sites is 1. The molecule has 0 aliphatic heterocycles. The van der Waals surface area contributed by atoms with Crippen molar-refractivity contribution in [2.45, 2.75) is 90.1 Å². The fourth-order valence-electron chi connectivity index (χ4n) is 4.28. The predicted molar refractivity (Wildman–Crippen MR) is 163 cm³/mol. The molecule has 3 unspecified atom stereocenters. The molecule has 2 aromatic carbocycles. The van der Waals surface area contributed by atoms with Gasteiger partial charge in [-0.2, -0.15) is 0 Å². The van der Waals surface area contributed by atoms with E-state index in [1.807, 2.05) is 6.07 Å². The molecule has 0 aliphatic carbocycles. The highest BCUT2D eigenvalue weighted by Gasteiger charge is 2.37. The second kappa shape index (κ2) is 15.2. The second-order valence-corrected chi connectivity index (χ2v) is 12.4. The van der Waals surface area contributed by atoms with Gasteiger partial charge in [0.25, 0.3) is 0 Å². The summed E-state index contributed by atoms with van der Waals surface area (Å²) in [7, 11) is 1.31. The first-order valence-electron chi connectivity index (χ1n) is 14.3. The van der Waals surface area contributed by atoms with E-state index in [9.17, 15) is 29.1 Å². The quantitative estimate of drug-likeness (QED) is 0.264. The number of amides is 4. The molecule has 0 aliphatic rings. The first-order valence-corrected chi connectivity index (χ1v) is 14.3. The highest BCUT2D eigenvalue weighted by molar-refractivity contribution is 5.94. The zero-order valence-corrected chi connectivity index (χ0v) is 26.4. The van der Waals surface area contributed by atoms with Crippen molar-refractivity contribution in [3.05, 3.63) is 65.7 Å². The number of nitrogens with zero attached hydrogens (tertiary/aromatic N) is 1. The monoisotopic (exact) mass is 612 g/mol. The van der Waals surface area contributed by atoms with Gasteiger partial charge in [0.15, 0.2) is 0 Å². The summed E-state index contributed by atoms with van der Waals surface area (Å²) >= 11 is 0. The minimum absolute atomic E-state index is 0.0643. The van der Waals surface area contributed by atoms with Crippen LogP contribution in [0.15, 0.2) is 54.6 Å². The van der Waals surface area contributed by atoms with E-state index in [0.29, 0.717) is 0 Å². The largest absolute Gasteiger partial charge is 0.508 e. The van der Waals surface area contributed by atoms with E-state index in [0.717, 1.165) is 10.5 Å². The average Bonchev–Trinajstić information content (AvgIpc) is 2.90. The molecule has 2 aromatic rings. The number of benzene rings is 2. The lowest BCUT2D eigenvalue weighted by Gasteiger charge is -2.33. The Hall–Kier alpha value is -4.61. The Bertz CT molecular complexity index is 1320. The van der Waals surface area contributed by atoms with E-state index in [1.54, 1.807) is 77.9 Å². The summed E-state index contributed by atoms with van der Waals surface area (Å²) in [5.41, 5.74) is 4.40. The van der Waals surface area contributed by atoms with E-state index in [4.69, 9.17) is 15.2 Å². The molecule has 3 atom stereocenters. The Morgan fingerprint density at radius 1 is 0.841 bits per heavy atom. The summed E-state index contributed by atoms with van der Waals surface area (Å²) in [6, 6.07) is 11.0. The molecule has 240 valence electrons. The van der Waals surface area contributed by atoms with Gasteiger partial charge in [0, 0.05) is 25.5 Å². The Kier molecular flexibility index (Phi) is 12.3. The van der Waals surface area contributed by atoms with Gasteiger partial charge in [-0.25, -0.2) is 9.59 Å². The second-order valence-electron chi connectivity index (χ2n) is 12.4. The SMILES string of the molecule is CN(C(=O)C(CCC(N)=O)NC(=O)OC(C)(C)C)C(C(=O)NC(Cc1ccccc1)C(=O)OC(C)(C)C)c1ccccc1O. The predicted octanol–water partition coefficient (Wildman–Crippen LogP) is 3.12. The molecule has 0 bridgehead atoms. The lowest BCUT2D eigenvalue weighted by atomic mass is 10.00. The molecule has 0 spiro atoms. The number of carbonyl (C=O) groups is 5. The van der Waals surface area contributed by atoms with Crippen LogP contribution in [0.1, 0.15) is 71.6 Å². The van der Waals surface area contributed by atoms with E-state index in [1.165, 1.54) is 19.2 Å². The van der Waals surface area contributed by atoms with Crippen LogP contribution >= 0.6 is 0 Å². The summed E-state index contributed by atoms with van der Waals surface area (Å²) in [4.78, 5) is 66.3. The number of hydrogen-bond donors (Lipinski definition) is 4. The number of esters is 1. The van der Waals surface area contributed by atoms with E-state index < -0.39 is 59.1 Å². The van der Waals surface area contributed by atoms with Gasteiger partial charge in [0.05, 0.1) is 0 Å². The first kappa shape index (κ1) is 35.6. The average molecular weight is 613 g/mol. The molecule has 4 amide bonds. The van der Waals surface area contributed by atoms with Crippen molar-refractivity contribution < 1.29 is 38.6 Å². The van der Waals surface area contributed by atoms with Crippen molar-refractivity contribution in [1.82, 2.24) is 15.5 Å². The Balaban J connectivity index is 2.49. The molecule has 0 aromatic heterocycles. The van der Waals surface area contributed by atoms with Gasteiger partial charge >= 0.3 is 12.1 Å². The fraction of sp³-hybridized carbons (Fsp3) is 0.469. The van der Waals surface area contributed by atoms with Crippen LogP contribution in [0.4, 0.5) is 4.79 Å². The van der Waals surface area contributed by atoms with Crippen LogP contribution in [-0.2, 0) is 35.1 Å². The summed E-state index contributed by atoms with van der Waals surface area (Å²) in [6.07, 6.45) is -1.24. The number of likely N-dealkylation sites (N-methyl/N-ethyl adjacent to an activating group) is 1. The summed E-state index contributed by atoms with van der Waals surface area (Å²) in [6.45, 7) is 10.0. The first-order chi connectivity index (χ1) is 20.4. The number of nitrogens with two attached hydrogens (primary N) is 1.